The number of aromatic nitrogens is 1. The number of hydrogen-bond acceptors (Lipinski definition) is 2. The molecule has 0 aliphatic rings. The largest absolute Gasteiger partial charge is 0.428 e. The summed E-state index contributed by atoms with van der Waals surface area (Å²) in [5.74, 6) is 0. The maximum atomic E-state index is 8.73. The van der Waals surface area contributed by atoms with Gasteiger partial charge in [0, 0.05) is 35.8 Å². The molecule has 0 fully saturated rings. The van der Waals surface area contributed by atoms with E-state index in [2.05, 4.69) is 12.2 Å². The van der Waals surface area contributed by atoms with E-state index in [1.807, 2.05) is 0 Å². The van der Waals surface area contributed by atoms with Crippen LogP contribution in [0.4, 0.5) is 0 Å². The molecule has 0 atom stereocenters. The average molecular weight is 168 g/mol. The first-order chi connectivity index (χ1) is 3.80. The molecule has 1 aromatic heterocycles. The maximum absolute atomic E-state index is 8.73. The van der Waals surface area contributed by atoms with Crippen molar-refractivity contribution in [2.45, 2.75) is 0 Å². The van der Waals surface area contributed by atoms with E-state index in [4.69, 9.17) is 5.21 Å². The molecular formula is C5H7NNaO2S. The van der Waals surface area contributed by atoms with Gasteiger partial charge in [0.2, 0.25) is 0 Å². The maximum Gasteiger partial charge on any atom is 0.142 e. The Labute approximate surface area is 85.9 Å². The quantitative estimate of drug-likeness (QED) is 0.343. The number of pyridine rings is 1. The number of nitrogens with zero attached hydrogens (tertiary/aromatic N) is 1. The molecule has 0 bridgehead atoms. The van der Waals surface area contributed by atoms with Crippen molar-refractivity contribution in [3.05, 3.63) is 29.0 Å². The number of hydrogen-bond donors (Lipinski definition) is 1. The molecule has 1 rings (SSSR count). The summed E-state index contributed by atoms with van der Waals surface area (Å²) in [6, 6.07) is 5.13. The Kier molecular flexibility index (Phi) is 7.51. The first-order valence-corrected chi connectivity index (χ1v) is 2.58. The Morgan fingerprint density at radius 3 is 2.30 bits per heavy atom. The zero-order valence-corrected chi connectivity index (χ0v) is 8.43. The van der Waals surface area contributed by atoms with Crippen LogP contribution in [0.15, 0.2) is 24.4 Å². The molecule has 5 heteroatoms. The molecule has 51 valence electrons. The predicted octanol–water partition coefficient (Wildman–Crippen LogP) is 0.249. The summed E-state index contributed by atoms with van der Waals surface area (Å²) >= 11 is 4.67. The topological polar surface area (TPSA) is 56.7 Å². The molecule has 3 N–H and O–H groups in total. The Bertz CT molecular complexity index is 237. The molecule has 0 aliphatic carbocycles. The molecule has 3 nitrogen and oxygen atoms in total. The van der Waals surface area contributed by atoms with E-state index in [-0.39, 0.29) is 35.0 Å². The van der Waals surface area contributed by atoms with Gasteiger partial charge < -0.3 is 10.7 Å². The summed E-state index contributed by atoms with van der Waals surface area (Å²) in [7, 11) is 0. The molecular weight excluding hydrogens is 161 g/mol. The Morgan fingerprint density at radius 2 is 2.00 bits per heavy atom. The molecule has 0 unspecified atom stereocenters. The smallest absolute Gasteiger partial charge is 0.142 e. The SMILES string of the molecule is O.On1ccccc1=S.[Na]. The van der Waals surface area contributed by atoms with Crippen LogP contribution in [-0.4, -0.2) is 45.0 Å². The molecule has 0 amide bonds. The van der Waals surface area contributed by atoms with Gasteiger partial charge in [-0.3, -0.25) is 0 Å². The van der Waals surface area contributed by atoms with Crippen LogP contribution in [0.3, 0.4) is 0 Å². The van der Waals surface area contributed by atoms with Gasteiger partial charge in [-0.05, 0) is 12.1 Å². The van der Waals surface area contributed by atoms with Crippen LogP contribution in [0.5, 0.6) is 0 Å². The number of rotatable bonds is 0. The monoisotopic (exact) mass is 168 g/mol. The third-order valence-electron chi connectivity index (χ3n) is 0.803. The van der Waals surface area contributed by atoms with Gasteiger partial charge in [-0.15, -0.1) is 0 Å². The van der Waals surface area contributed by atoms with Crippen LogP contribution in [0.1, 0.15) is 0 Å². The average Bonchev–Trinajstić information content (AvgIpc) is 1.77. The van der Waals surface area contributed by atoms with E-state index in [0.29, 0.717) is 4.64 Å². The van der Waals surface area contributed by atoms with Gasteiger partial charge in [-0.2, -0.15) is 4.73 Å². The minimum Gasteiger partial charge on any atom is -0.428 e. The second kappa shape index (κ2) is 5.88. The van der Waals surface area contributed by atoms with Gasteiger partial charge in [0.25, 0.3) is 0 Å². The van der Waals surface area contributed by atoms with Crippen LogP contribution in [-0.2, 0) is 0 Å². The van der Waals surface area contributed by atoms with Crippen molar-refractivity contribution >= 4 is 41.8 Å². The molecule has 10 heavy (non-hydrogen) atoms. The summed E-state index contributed by atoms with van der Waals surface area (Å²) in [6.07, 6.45) is 1.49. The third kappa shape index (κ3) is 3.34. The van der Waals surface area contributed by atoms with Gasteiger partial charge in [0.1, 0.15) is 4.64 Å². The minimum absolute atomic E-state index is 0. The zero-order valence-electron chi connectivity index (χ0n) is 5.61. The summed E-state index contributed by atoms with van der Waals surface area (Å²) in [5, 5.41) is 8.73. The van der Waals surface area contributed by atoms with Crippen LogP contribution >= 0.6 is 12.2 Å². The van der Waals surface area contributed by atoms with Gasteiger partial charge in [-0.1, -0.05) is 18.3 Å². The Morgan fingerprint density at radius 1 is 1.40 bits per heavy atom. The van der Waals surface area contributed by atoms with Crippen molar-refractivity contribution in [3.63, 3.8) is 0 Å². The van der Waals surface area contributed by atoms with Crippen molar-refractivity contribution in [2.24, 2.45) is 0 Å². The van der Waals surface area contributed by atoms with E-state index in [1.165, 1.54) is 6.20 Å². The van der Waals surface area contributed by atoms with E-state index >= 15 is 0 Å². The van der Waals surface area contributed by atoms with Crippen LogP contribution < -0.4 is 0 Å². The summed E-state index contributed by atoms with van der Waals surface area (Å²) in [5.41, 5.74) is 0. The first kappa shape index (κ1) is 12.8. The third-order valence-corrected chi connectivity index (χ3v) is 1.13. The Balaban J connectivity index is 0. The second-order valence-electron chi connectivity index (χ2n) is 1.38. The van der Waals surface area contributed by atoms with Crippen LogP contribution in [0.2, 0.25) is 0 Å². The molecule has 1 heterocycles. The Hall–Kier alpha value is 0.130. The fraction of sp³-hybridized carbons (Fsp3) is 0. The van der Waals surface area contributed by atoms with Crippen molar-refractivity contribution in [1.82, 2.24) is 4.73 Å². The van der Waals surface area contributed by atoms with Crippen molar-refractivity contribution in [1.29, 1.82) is 0 Å². The molecule has 0 saturated carbocycles. The van der Waals surface area contributed by atoms with E-state index in [0.717, 1.165) is 4.73 Å². The molecule has 0 saturated heterocycles. The van der Waals surface area contributed by atoms with Crippen molar-refractivity contribution in [3.8, 4) is 0 Å². The van der Waals surface area contributed by atoms with E-state index in [9.17, 15) is 0 Å². The van der Waals surface area contributed by atoms with Gasteiger partial charge in [-0.25, -0.2) is 0 Å². The second-order valence-corrected chi connectivity index (χ2v) is 1.80. The summed E-state index contributed by atoms with van der Waals surface area (Å²) in [6.45, 7) is 0. The van der Waals surface area contributed by atoms with Gasteiger partial charge in [0.15, 0.2) is 0 Å². The van der Waals surface area contributed by atoms with Crippen molar-refractivity contribution < 1.29 is 10.7 Å². The molecule has 1 radical (unpaired) electrons. The van der Waals surface area contributed by atoms with E-state index < -0.39 is 0 Å². The fourth-order valence-electron chi connectivity index (χ4n) is 0.419. The standard InChI is InChI=1S/C5H5NOS.Na.H2O/c7-6-4-2-1-3-5(6)8;;/h1-4,7H;;1H2. The molecule has 0 aromatic carbocycles. The normalized spacial score (nSPS) is 7.20. The fourth-order valence-corrected chi connectivity index (χ4v) is 0.558. The first-order valence-electron chi connectivity index (χ1n) is 2.17. The predicted molar refractivity (Wildman–Crippen MR) is 41.8 cm³/mol. The minimum atomic E-state index is 0. The van der Waals surface area contributed by atoms with Gasteiger partial charge >= 0.3 is 0 Å². The van der Waals surface area contributed by atoms with Crippen LogP contribution in [0.25, 0.3) is 0 Å². The zero-order chi connectivity index (χ0) is 5.98. The van der Waals surface area contributed by atoms with Crippen LogP contribution in [0, 0.1) is 4.64 Å². The molecule has 1 aromatic rings. The van der Waals surface area contributed by atoms with E-state index in [1.54, 1.807) is 18.2 Å². The molecule has 0 spiro atoms. The van der Waals surface area contributed by atoms with Crippen molar-refractivity contribution in [2.75, 3.05) is 0 Å². The van der Waals surface area contributed by atoms with Gasteiger partial charge in [0.05, 0.1) is 0 Å². The summed E-state index contributed by atoms with van der Waals surface area (Å²) < 4.78 is 1.32. The molecule has 0 aliphatic heterocycles. The summed E-state index contributed by atoms with van der Waals surface area (Å²) in [4.78, 5) is 0.